The predicted molar refractivity (Wildman–Crippen MR) is 146 cm³/mol. The Morgan fingerprint density at radius 2 is 2.00 bits per heavy atom. The zero-order chi connectivity index (χ0) is 26.6. The summed E-state index contributed by atoms with van der Waals surface area (Å²) in [6, 6.07) is 11.9. The van der Waals surface area contributed by atoms with E-state index >= 15 is 0 Å². The van der Waals surface area contributed by atoms with E-state index in [-0.39, 0.29) is 18.0 Å². The van der Waals surface area contributed by atoms with Gasteiger partial charge < -0.3 is 15.1 Å². The first-order valence-electron chi connectivity index (χ1n) is 13.6. The van der Waals surface area contributed by atoms with E-state index < -0.39 is 5.82 Å². The van der Waals surface area contributed by atoms with Crippen molar-refractivity contribution in [3.05, 3.63) is 59.4 Å². The zero-order valence-electron chi connectivity index (χ0n) is 22.2. The molecule has 9 heteroatoms. The van der Waals surface area contributed by atoms with Gasteiger partial charge in [-0.3, -0.25) is 10.2 Å². The number of guanidine groups is 1. The van der Waals surface area contributed by atoms with Gasteiger partial charge in [-0.25, -0.2) is 14.2 Å². The Morgan fingerprint density at radius 1 is 1.18 bits per heavy atom. The molecule has 0 bridgehead atoms. The third-order valence-electron chi connectivity index (χ3n) is 7.75. The van der Waals surface area contributed by atoms with Gasteiger partial charge in [0, 0.05) is 45.0 Å². The number of halogens is 1. The molecule has 2 heterocycles. The molecule has 2 aromatic carbocycles. The molecule has 0 aromatic heterocycles. The number of amides is 2. The predicted octanol–water partition coefficient (Wildman–Crippen LogP) is 4.53. The van der Waals surface area contributed by atoms with Crippen molar-refractivity contribution in [3.63, 3.8) is 0 Å². The smallest absolute Gasteiger partial charge is 0.321 e. The van der Waals surface area contributed by atoms with Gasteiger partial charge in [-0.1, -0.05) is 32.0 Å². The van der Waals surface area contributed by atoms with Crippen molar-refractivity contribution in [2.24, 2.45) is 16.8 Å². The van der Waals surface area contributed by atoms with Crippen LogP contribution in [-0.4, -0.2) is 65.5 Å². The van der Waals surface area contributed by atoms with Gasteiger partial charge >= 0.3 is 6.03 Å². The lowest BCUT2D eigenvalue weighted by molar-refractivity contribution is 0.118. The number of urea groups is 1. The van der Waals surface area contributed by atoms with E-state index in [0.717, 1.165) is 31.1 Å². The van der Waals surface area contributed by atoms with Crippen molar-refractivity contribution >= 4 is 23.4 Å². The minimum Gasteiger partial charge on any atom is -0.335 e. The molecule has 0 spiro atoms. The maximum atomic E-state index is 13.6. The highest BCUT2D eigenvalue weighted by molar-refractivity contribution is 5.90. The van der Waals surface area contributed by atoms with Crippen LogP contribution in [0.4, 0.5) is 20.6 Å². The SMILES string of the molecule is CC(C)C1CN(C(=O)Nc2cccc(F)c2)CCN1C(=Nc1cccc2c1CCN(CC1CC1)C2)NC#N. The van der Waals surface area contributed by atoms with E-state index in [9.17, 15) is 14.4 Å². The molecule has 2 N–H and O–H groups in total. The van der Waals surface area contributed by atoms with Crippen molar-refractivity contribution in [3.8, 4) is 6.19 Å². The summed E-state index contributed by atoms with van der Waals surface area (Å²) in [7, 11) is 0. The fourth-order valence-electron chi connectivity index (χ4n) is 5.50. The molecule has 8 nitrogen and oxygen atoms in total. The maximum absolute atomic E-state index is 13.6. The second-order valence-corrected chi connectivity index (χ2v) is 10.9. The fourth-order valence-corrected chi connectivity index (χ4v) is 5.50. The Morgan fingerprint density at radius 3 is 2.74 bits per heavy atom. The van der Waals surface area contributed by atoms with Crippen molar-refractivity contribution in [2.75, 3.05) is 38.0 Å². The molecule has 5 rings (SSSR count). The molecule has 2 amide bonds. The van der Waals surface area contributed by atoms with E-state index in [1.165, 1.54) is 42.6 Å². The summed E-state index contributed by atoms with van der Waals surface area (Å²) >= 11 is 0. The van der Waals surface area contributed by atoms with Crippen molar-refractivity contribution < 1.29 is 9.18 Å². The number of hydrogen-bond donors (Lipinski definition) is 2. The Bertz CT molecular complexity index is 1240. The molecule has 2 aliphatic heterocycles. The first-order valence-corrected chi connectivity index (χ1v) is 13.6. The average Bonchev–Trinajstić information content (AvgIpc) is 3.72. The number of nitrogens with one attached hydrogen (secondary N) is 2. The largest absolute Gasteiger partial charge is 0.335 e. The molecular formula is C29H36FN7O. The first kappa shape index (κ1) is 26.0. The van der Waals surface area contributed by atoms with Crippen molar-refractivity contribution in [2.45, 2.75) is 45.7 Å². The summed E-state index contributed by atoms with van der Waals surface area (Å²) < 4.78 is 13.6. The van der Waals surface area contributed by atoms with Crippen LogP contribution in [0.3, 0.4) is 0 Å². The number of benzene rings is 2. The van der Waals surface area contributed by atoms with Crippen LogP contribution in [0, 0.1) is 29.1 Å². The number of aliphatic imine (C=N–C) groups is 1. The van der Waals surface area contributed by atoms with E-state index in [4.69, 9.17) is 4.99 Å². The van der Waals surface area contributed by atoms with Crippen molar-refractivity contribution in [1.82, 2.24) is 20.0 Å². The molecule has 200 valence electrons. The second-order valence-electron chi connectivity index (χ2n) is 10.9. The first-order chi connectivity index (χ1) is 18.4. The molecule has 1 aliphatic carbocycles. The number of nitriles is 1. The average molecular weight is 518 g/mol. The Hall–Kier alpha value is -3.64. The fraction of sp³-hybridized carbons (Fsp3) is 0.483. The van der Waals surface area contributed by atoms with Crippen LogP contribution in [0.2, 0.25) is 0 Å². The van der Waals surface area contributed by atoms with Gasteiger partial charge in [0.25, 0.3) is 0 Å². The standard InChI is InChI=1S/C29H36FN7O/c1-20(2)27-18-36(29(38)33-24-7-4-6-23(30)15-24)13-14-37(27)28(32-19-31)34-26-8-3-5-22-17-35(12-11-25(22)26)16-21-9-10-21/h3-8,15,20-21,27H,9-14,16-18H2,1-2H3,(H,32,34)(H,33,38). The third kappa shape index (κ3) is 6.08. The number of hydrogen-bond acceptors (Lipinski definition) is 4. The molecule has 1 saturated heterocycles. The monoisotopic (exact) mass is 517 g/mol. The Labute approximate surface area is 224 Å². The Kier molecular flexibility index (Phi) is 7.79. The van der Waals surface area contributed by atoms with Gasteiger partial charge in [0.2, 0.25) is 5.96 Å². The number of anilines is 1. The van der Waals surface area contributed by atoms with E-state index in [0.29, 0.717) is 31.3 Å². The van der Waals surface area contributed by atoms with Crippen LogP contribution < -0.4 is 10.6 Å². The Balaban J connectivity index is 1.33. The molecular weight excluding hydrogens is 481 g/mol. The van der Waals surface area contributed by atoms with Crippen LogP contribution in [0.5, 0.6) is 0 Å². The van der Waals surface area contributed by atoms with Gasteiger partial charge in [0.15, 0.2) is 6.19 Å². The van der Waals surface area contributed by atoms with Crippen LogP contribution >= 0.6 is 0 Å². The summed E-state index contributed by atoms with van der Waals surface area (Å²) in [5.74, 6) is 1.19. The number of carbonyl (C=O) groups is 1. The number of fused-ring (bicyclic) bond motifs is 1. The molecule has 2 fully saturated rings. The molecule has 1 unspecified atom stereocenters. The lowest BCUT2D eigenvalue weighted by atomic mass is 9.97. The summed E-state index contributed by atoms with van der Waals surface area (Å²) in [6.45, 7) is 8.82. The van der Waals surface area contributed by atoms with E-state index in [1.807, 2.05) is 6.07 Å². The van der Waals surface area contributed by atoms with E-state index in [1.54, 1.807) is 17.0 Å². The topological polar surface area (TPSA) is 87.0 Å². The maximum Gasteiger partial charge on any atom is 0.321 e. The minimum absolute atomic E-state index is 0.0461. The highest BCUT2D eigenvalue weighted by Crippen LogP contribution is 2.34. The van der Waals surface area contributed by atoms with Gasteiger partial charge in [-0.15, -0.1) is 0 Å². The molecule has 38 heavy (non-hydrogen) atoms. The minimum atomic E-state index is -0.394. The third-order valence-corrected chi connectivity index (χ3v) is 7.75. The molecule has 3 aliphatic rings. The van der Waals surface area contributed by atoms with Crippen LogP contribution in [0.25, 0.3) is 0 Å². The van der Waals surface area contributed by atoms with Crippen LogP contribution in [0.15, 0.2) is 47.5 Å². The van der Waals surface area contributed by atoms with Crippen molar-refractivity contribution in [1.29, 1.82) is 5.26 Å². The lowest BCUT2D eigenvalue weighted by Gasteiger charge is -2.44. The highest BCUT2D eigenvalue weighted by Gasteiger charge is 2.34. The number of nitrogens with zero attached hydrogens (tertiary/aromatic N) is 5. The number of rotatable bonds is 5. The molecule has 2 aromatic rings. The summed E-state index contributed by atoms with van der Waals surface area (Å²) in [6.07, 6.45) is 5.73. The van der Waals surface area contributed by atoms with Crippen LogP contribution in [0.1, 0.15) is 37.8 Å². The highest BCUT2D eigenvalue weighted by atomic mass is 19.1. The zero-order valence-corrected chi connectivity index (χ0v) is 22.2. The van der Waals surface area contributed by atoms with Gasteiger partial charge in [0.05, 0.1) is 11.7 Å². The molecule has 1 atom stereocenters. The number of carbonyl (C=O) groups excluding carboxylic acids is 1. The van der Waals surface area contributed by atoms with Gasteiger partial charge in [0.1, 0.15) is 5.82 Å². The van der Waals surface area contributed by atoms with E-state index in [2.05, 4.69) is 52.6 Å². The van der Waals surface area contributed by atoms with Crippen LogP contribution in [-0.2, 0) is 13.0 Å². The molecule has 1 saturated carbocycles. The van der Waals surface area contributed by atoms with Gasteiger partial charge in [-0.05, 0) is 66.5 Å². The second kappa shape index (κ2) is 11.4. The van der Waals surface area contributed by atoms with Gasteiger partial charge in [-0.2, -0.15) is 5.26 Å². The lowest BCUT2D eigenvalue weighted by Crippen LogP contribution is -2.60. The normalized spacial score (nSPS) is 20.2. The quantitative estimate of drug-likeness (QED) is 0.264. The summed E-state index contributed by atoms with van der Waals surface area (Å²) in [4.78, 5) is 24.4. The number of piperazine rings is 1. The molecule has 0 radical (unpaired) electrons. The summed E-state index contributed by atoms with van der Waals surface area (Å²) in [5, 5.41) is 15.2. The summed E-state index contributed by atoms with van der Waals surface area (Å²) in [5.41, 5.74) is 3.90.